The number of likely N-dealkylation sites (tertiary alicyclic amines) is 1. The quantitative estimate of drug-likeness (QED) is 0.265. The molecule has 10 heteroatoms. The third-order valence-corrected chi connectivity index (χ3v) is 9.18. The van der Waals surface area contributed by atoms with Gasteiger partial charge < -0.3 is 18.9 Å². The molecule has 1 atom stereocenters. The molecule has 2 aromatic heterocycles. The van der Waals surface area contributed by atoms with Crippen molar-refractivity contribution in [3.05, 3.63) is 96.8 Å². The molecule has 9 nitrogen and oxygen atoms in total. The number of aromatic nitrogens is 2. The lowest BCUT2D eigenvalue weighted by Crippen LogP contribution is -2.40. The third kappa shape index (κ3) is 5.38. The first-order valence-corrected chi connectivity index (χ1v) is 16.0. The highest BCUT2D eigenvalue weighted by atomic mass is 32.1. The minimum absolute atomic E-state index is 0.0981. The van der Waals surface area contributed by atoms with E-state index in [4.69, 9.17) is 14.5 Å². The minimum Gasteiger partial charge on any atom is -0.496 e. The molecule has 44 heavy (non-hydrogen) atoms. The fourth-order valence-electron chi connectivity index (χ4n) is 6.18. The van der Waals surface area contributed by atoms with E-state index in [0.717, 1.165) is 48.8 Å². The largest absolute Gasteiger partial charge is 0.496 e. The summed E-state index contributed by atoms with van der Waals surface area (Å²) in [5.74, 6) is 0.175. The van der Waals surface area contributed by atoms with Crippen molar-refractivity contribution in [3.63, 3.8) is 0 Å². The maximum atomic E-state index is 14.3. The molecular weight excluding hydrogens is 576 g/mol. The normalized spacial score (nSPS) is 16.8. The molecule has 0 bridgehead atoms. The van der Waals surface area contributed by atoms with Crippen LogP contribution in [0.25, 0.3) is 17.0 Å². The van der Waals surface area contributed by atoms with E-state index in [1.54, 1.807) is 18.6 Å². The van der Waals surface area contributed by atoms with Crippen LogP contribution in [0.4, 0.5) is 0 Å². The zero-order valence-electron chi connectivity index (χ0n) is 25.2. The van der Waals surface area contributed by atoms with Gasteiger partial charge in [-0.25, -0.2) is 9.79 Å². The first-order valence-electron chi connectivity index (χ1n) is 15.2. The van der Waals surface area contributed by atoms with Crippen molar-refractivity contribution in [2.75, 3.05) is 26.8 Å². The zero-order chi connectivity index (χ0) is 30.8. The van der Waals surface area contributed by atoms with Crippen LogP contribution < -0.4 is 19.6 Å². The second kappa shape index (κ2) is 12.7. The summed E-state index contributed by atoms with van der Waals surface area (Å²) < 4.78 is 15.3. The summed E-state index contributed by atoms with van der Waals surface area (Å²) in [6.07, 6.45) is 7.22. The Morgan fingerprint density at radius 1 is 1.07 bits per heavy atom. The van der Waals surface area contributed by atoms with Crippen molar-refractivity contribution in [3.8, 4) is 5.75 Å². The zero-order valence-corrected chi connectivity index (χ0v) is 26.1. The molecule has 0 unspecified atom stereocenters. The van der Waals surface area contributed by atoms with Crippen LogP contribution in [0, 0.1) is 0 Å². The third-order valence-electron chi connectivity index (χ3n) is 8.20. The van der Waals surface area contributed by atoms with Crippen LogP contribution in [0.3, 0.4) is 0 Å². The number of hydrogen-bond acceptors (Lipinski definition) is 7. The molecule has 228 valence electrons. The number of nitrogens with zero attached hydrogens (tertiary/aromatic N) is 4. The van der Waals surface area contributed by atoms with Gasteiger partial charge in [0.25, 0.3) is 5.56 Å². The highest BCUT2D eigenvalue weighted by molar-refractivity contribution is 7.07. The maximum absolute atomic E-state index is 14.3. The Hall–Kier alpha value is -4.44. The number of carbonyl (C=O) groups is 2. The first kappa shape index (κ1) is 29.6. The van der Waals surface area contributed by atoms with Crippen LogP contribution in [0.1, 0.15) is 56.7 Å². The molecule has 2 aromatic carbocycles. The van der Waals surface area contributed by atoms with Gasteiger partial charge in [0.2, 0.25) is 5.91 Å². The summed E-state index contributed by atoms with van der Waals surface area (Å²) >= 11 is 1.29. The smallest absolute Gasteiger partial charge is 0.338 e. The molecule has 2 aliphatic heterocycles. The van der Waals surface area contributed by atoms with E-state index in [1.807, 2.05) is 77.2 Å². The van der Waals surface area contributed by atoms with E-state index in [-0.39, 0.29) is 24.6 Å². The van der Waals surface area contributed by atoms with Crippen LogP contribution in [0.5, 0.6) is 5.75 Å². The SMILES string of the molecule is CCCC1=C(C(=O)OCC)[C@@H](c2ccccc2OC)n2c(s/c(=C/c3cn(CC(=O)N4CCCC4)c4ccccc34)c2=O)=N1. The van der Waals surface area contributed by atoms with Crippen LogP contribution in [0.2, 0.25) is 0 Å². The molecule has 0 aliphatic carbocycles. The Kier molecular flexibility index (Phi) is 8.52. The van der Waals surface area contributed by atoms with Gasteiger partial charge >= 0.3 is 5.97 Å². The number of hydrogen-bond donors (Lipinski definition) is 0. The van der Waals surface area contributed by atoms with Crippen molar-refractivity contribution >= 4 is 40.2 Å². The van der Waals surface area contributed by atoms with Crippen LogP contribution in [0.15, 0.2) is 75.8 Å². The van der Waals surface area contributed by atoms with Gasteiger partial charge in [-0.15, -0.1) is 0 Å². The Morgan fingerprint density at radius 3 is 2.57 bits per heavy atom. The lowest BCUT2D eigenvalue weighted by Gasteiger charge is -2.26. The van der Waals surface area contributed by atoms with Crippen molar-refractivity contribution in [2.24, 2.45) is 4.99 Å². The number of fused-ring (bicyclic) bond motifs is 2. The van der Waals surface area contributed by atoms with Gasteiger partial charge in [-0.1, -0.05) is 61.1 Å². The van der Waals surface area contributed by atoms with E-state index >= 15 is 0 Å². The second-order valence-electron chi connectivity index (χ2n) is 11.0. The predicted octanol–water partition coefficient (Wildman–Crippen LogP) is 4.16. The Labute approximate surface area is 259 Å². The summed E-state index contributed by atoms with van der Waals surface area (Å²) in [6.45, 7) is 5.84. The van der Waals surface area contributed by atoms with Gasteiger partial charge in [0.1, 0.15) is 18.3 Å². The van der Waals surface area contributed by atoms with Gasteiger partial charge in [0.05, 0.1) is 29.5 Å². The number of esters is 1. The number of amides is 1. The van der Waals surface area contributed by atoms with Crippen molar-refractivity contribution in [1.82, 2.24) is 14.0 Å². The maximum Gasteiger partial charge on any atom is 0.338 e. The predicted molar refractivity (Wildman–Crippen MR) is 170 cm³/mol. The molecule has 0 saturated carbocycles. The topological polar surface area (TPSA) is 95.1 Å². The Bertz CT molecular complexity index is 1940. The van der Waals surface area contributed by atoms with E-state index in [1.165, 1.54) is 11.3 Å². The van der Waals surface area contributed by atoms with Crippen LogP contribution in [-0.2, 0) is 20.9 Å². The molecular formula is C34H36N4O5S. The highest BCUT2D eigenvalue weighted by Crippen LogP contribution is 2.37. The summed E-state index contributed by atoms with van der Waals surface area (Å²) in [5, 5.41) is 0.952. The van der Waals surface area contributed by atoms with Gasteiger partial charge in [0, 0.05) is 41.3 Å². The Balaban J connectivity index is 1.53. The fraction of sp³-hybridized carbons (Fsp3) is 0.353. The van der Waals surface area contributed by atoms with E-state index < -0.39 is 12.0 Å². The lowest BCUT2D eigenvalue weighted by molar-refractivity contribution is -0.139. The molecule has 0 N–H and O–H groups in total. The number of para-hydroxylation sites is 2. The van der Waals surface area contributed by atoms with Crippen molar-refractivity contribution in [2.45, 2.75) is 52.1 Å². The van der Waals surface area contributed by atoms with Crippen molar-refractivity contribution in [1.29, 1.82) is 0 Å². The number of allylic oxidation sites excluding steroid dienone is 1. The van der Waals surface area contributed by atoms with E-state index in [2.05, 4.69) is 0 Å². The molecule has 1 amide bonds. The van der Waals surface area contributed by atoms with E-state index in [0.29, 0.717) is 38.3 Å². The molecule has 4 heterocycles. The van der Waals surface area contributed by atoms with Gasteiger partial charge in [-0.3, -0.25) is 14.2 Å². The van der Waals surface area contributed by atoms with Crippen LogP contribution >= 0.6 is 11.3 Å². The summed E-state index contributed by atoms with van der Waals surface area (Å²) in [4.78, 5) is 48.1. The Morgan fingerprint density at radius 2 is 1.82 bits per heavy atom. The molecule has 1 fully saturated rings. The second-order valence-corrected chi connectivity index (χ2v) is 12.0. The van der Waals surface area contributed by atoms with Crippen molar-refractivity contribution < 1.29 is 19.1 Å². The monoisotopic (exact) mass is 612 g/mol. The molecule has 6 rings (SSSR count). The molecule has 1 saturated heterocycles. The van der Waals surface area contributed by atoms with Gasteiger partial charge in [0.15, 0.2) is 4.80 Å². The van der Waals surface area contributed by atoms with Gasteiger partial charge in [-0.05, 0) is 44.4 Å². The first-order chi connectivity index (χ1) is 21.4. The number of benzene rings is 2. The highest BCUT2D eigenvalue weighted by Gasteiger charge is 2.36. The molecule has 0 spiro atoms. The average Bonchev–Trinajstić information content (AvgIpc) is 3.76. The number of methoxy groups -OCH3 is 1. The summed E-state index contributed by atoms with van der Waals surface area (Å²) in [5.41, 5.74) is 3.17. The summed E-state index contributed by atoms with van der Waals surface area (Å²) in [7, 11) is 1.58. The molecule has 4 aromatic rings. The average molecular weight is 613 g/mol. The van der Waals surface area contributed by atoms with E-state index in [9.17, 15) is 14.4 Å². The fourth-order valence-corrected chi connectivity index (χ4v) is 7.19. The molecule has 2 aliphatic rings. The number of ether oxygens (including phenoxy) is 2. The standard InChI is InChI=1S/C34H36N4O5S/c1-4-12-25-30(33(41)43-5-2)31(24-14-7-9-16-27(24)42-3)38-32(40)28(44-34(38)35-25)19-22-20-37(26-15-8-6-13-23(22)26)21-29(39)36-17-10-11-18-36/h6-9,13-16,19-20,31H,4-5,10-12,17-18,21H2,1-3H3/b28-19+/t31-/m1/s1. The lowest BCUT2D eigenvalue weighted by atomic mass is 9.93. The van der Waals surface area contributed by atoms with Gasteiger partial charge in [-0.2, -0.15) is 0 Å². The van der Waals surface area contributed by atoms with Crippen LogP contribution in [-0.4, -0.2) is 52.7 Å². The molecule has 0 radical (unpaired) electrons. The number of thiazole rings is 1. The minimum atomic E-state index is -0.760. The number of carbonyl (C=O) groups excluding carboxylic acids is 2. The number of rotatable bonds is 9. The summed E-state index contributed by atoms with van der Waals surface area (Å²) in [6, 6.07) is 14.6.